The second-order valence-corrected chi connectivity index (χ2v) is 6.18. The van der Waals surface area contributed by atoms with Crippen LogP contribution in [-0.2, 0) is 6.42 Å². The first kappa shape index (κ1) is 16.5. The van der Waals surface area contributed by atoms with E-state index in [1.165, 1.54) is 4.52 Å². The van der Waals surface area contributed by atoms with Crippen LogP contribution in [0, 0.1) is 18.3 Å². The fraction of sp³-hybridized carbons (Fsp3) is 0.100. The predicted octanol–water partition coefficient (Wildman–Crippen LogP) is 2.56. The zero-order valence-corrected chi connectivity index (χ0v) is 14.5. The third-order valence-corrected chi connectivity index (χ3v) is 4.42. The van der Waals surface area contributed by atoms with Crippen LogP contribution in [0.3, 0.4) is 0 Å². The lowest BCUT2D eigenvalue weighted by Crippen LogP contribution is -2.16. The van der Waals surface area contributed by atoms with Gasteiger partial charge in [0.05, 0.1) is 34.1 Å². The fourth-order valence-corrected chi connectivity index (χ4v) is 3.09. The number of nitrogens with one attached hydrogen (secondary N) is 1. The van der Waals surface area contributed by atoms with E-state index >= 15 is 0 Å². The molecule has 0 aliphatic heterocycles. The van der Waals surface area contributed by atoms with Crippen molar-refractivity contribution in [3.63, 3.8) is 0 Å². The summed E-state index contributed by atoms with van der Waals surface area (Å²) in [6.45, 7) is 1.80. The summed E-state index contributed by atoms with van der Waals surface area (Å²) in [6.07, 6.45) is 1.89. The molecule has 4 rings (SSSR count). The van der Waals surface area contributed by atoms with Gasteiger partial charge in [0.1, 0.15) is 5.65 Å². The number of aromatic amines is 1. The number of rotatable bonds is 3. The summed E-state index contributed by atoms with van der Waals surface area (Å²) in [5.74, 6) is -0.205. The van der Waals surface area contributed by atoms with Crippen molar-refractivity contribution in [1.29, 1.82) is 5.26 Å². The highest BCUT2D eigenvalue weighted by Gasteiger charge is 2.20. The molecule has 132 valence electrons. The molecule has 0 saturated carbocycles. The molecule has 4 aromatic rings. The molecule has 7 nitrogen and oxygen atoms in total. The SMILES string of the molecule is Cc1nn2c(O)c(Cc3ccc(C#N)cc3)c(=O)[nH]c2c1-c1ccccn1. The van der Waals surface area contributed by atoms with Gasteiger partial charge in [-0.25, -0.2) is 0 Å². The number of pyridine rings is 1. The minimum atomic E-state index is -0.388. The molecule has 1 aromatic carbocycles. The van der Waals surface area contributed by atoms with Crippen LogP contribution in [0.25, 0.3) is 16.9 Å². The molecule has 0 aliphatic carbocycles. The lowest BCUT2D eigenvalue weighted by molar-refractivity contribution is 0.427. The highest BCUT2D eigenvalue weighted by Crippen LogP contribution is 2.28. The molecule has 0 atom stereocenters. The summed E-state index contributed by atoms with van der Waals surface area (Å²) in [6, 6.07) is 14.4. The standard InChI is InChI=1S/C20H15N5O2/c1-12-17(16-4-2-3-9-22-16)18-23-19(26)15(20(27)25(18)24-12)10-13-5-7-14(11-21)8-6-13/h2-9,27H,10H2,1H3,(H,23,26). The molecule has 3 aromatic heterocycles. The normalized spacial score (nSPS) is 10.8. The Morgan fingerprint density at radius 1 is 1.22 bits per heavy atom. The number of aromatic hydroxyl groups is 1. The van der Waals surface area contributed by atoms with E-state index in [-0.39, 0.29) is 23.4 Å². The van der Waals surface area contributed by atoms with E-state index in [9.17, 15) is 9.90 Å². The first-order chi connectivity index (χ1) is 13.1. The van der Waals surface area contributed by atoms with E-state index in [2.05, 4.69) is 21.1 Å². The van der Waals surface area contributed by atoms with Gasteiger partial charge in [-0.05, 0) is 36.8 Å². The summed E-state index contributed by atoms with van der Waals surface area (Å²) in [5, 5.41) is 23.9. The minimum Gasteiger partial charge on any atom is -0.493 e. The summed E-state index contributed by atoms with van der Waals surface area (Å²) < 4.78 is 1.33. The Labute approximate surface area is 154 Å². The zero-order valence-electron chi connectivity index (χ0n) is 14.5. The van der Waals surface area contributed by atoms with Gasteiger partial charge in [-0.3, -0.25) is 9.78 Å². The Morgan fingerprint density at radius 3 is 2.67 bits per heavy atom. The van der Waals surface area contributed by atoms with Gasteiger partial charge in [0.15, 0.2) is 0 Å². The molecule has 0 bridgehead atoms. The summed E-state index contributed by atoms with van der Waals surface area (Å²) in [7, 11) is 0. The van der Waals surface area contributed by atoms with Crippen molar-refractivity contribution < 1.29 is 5.11 Å². The number of benzene rings is 1. The number of nitrogens with zero attached hydrogens (tertiary/aromatic N) is 4. The average Bonchev–Trinajstić information content (AvgIpc) is 3.02. The molecule has 2 N–H and O–H groups in total. The van der Waals surface area contributed by atoms with E-state index in [0.717, 1.165) is 5.56 Å². The first-order valence-corrected chi connectivity index (χ1v) is 8.32. The van der Waals surface area contributed by atoms with Gasteiger partial charge in [0.25, 0.3) is 5.56 Å². The molecular formula is C20H15N5O2. The van der Waals surface area contributed by atoms with Crippen molar-refractivity contribution in [3.05, 3.63) is 81.4 Å². The number of H-pyrrole nitrogens is 1. The fourth-order valence-electron chi connectivity index (χ4n) is 3.09. The molecule has 3 heterocycles. The van der Waals surface area contributed by atoms with Crippen molar-refractivity contribution in [3.8, 4) is 23.2 Å². The van der Waals surface area contributed by atoms with Crippen LogP contribution in [0.1, 0.15) is 22.4 Å². The number of fused-ring (bicyclic) bond motifs is 1. The van der Waals surface area contributed by atoms with Gasteiger partial charge < -0.3 is 10.1 Å². The van der Waals surface area contributed by atoms with Crippen molar-refractivity contribution in [2.24, 2.45) is 0 Å². The van der Waals surface area contributed by atoms with E-state index in [0.29, 0.717) is 28.2 Å². The minimum absolute atomic E-state index is 0.205. The number of nitriles is 1. The molecule has 0 aliphatic rings. The van der Waals surface area contributed by atoms with Crippen LogP contribution in [0.4, 0.5) is 0 Å². The molecule has 0 spiro atoms. The van der Waals surface area contributed by atoms with Gasteiger partial charge >= 0.3 is 0 Å². The maximum absolute atomic E-state index is 12.6. The Kier molecular flexibility index (Phi) is 3.94. The van der Waals surface area contributed by atoms with Crippen LogP contribution in [0.5, 0.6) is 5.88 Å². The lowest BCUT2D eigenvalue weighted by Gasteiger charge is -2.07. The van der Waals surface area contributed by atoms with E-state index in [4.69, 9.17) is 5.26 Å². The van der Waals surface area contributed by atoms with Crippen LogP contribution in [0.15, 0.2) is 53.5 Å². The van der Waals surface area contributed by atoms with E-state index in [1.807, 2.05) is 12.1 Å². The molecule has 27 heavy (non-hydrogen) atoms. The quantitative estimate of drug-likeness (QED) is 0.586. The number of hydrogen-bond donors (Lipinski definition) is 2. The second kappa shape index (κ2) is 6.42. The van der Waals surface area contributed by atoms with Gasteiger partial charge in [-0.15, -0.1) is 0 Å². The van der Waals surface area contributed by atoms with E-state index < -0.39 is 0 Å². The van der Waals surface area contributed by atoms with Crippen molar-refractivity contribution in [2.75, 3.05) is 0 Å². The highest BCUT2D eigenvalue weighted by molar-refractivity contribution is 5.77. The maximum atomic E-state index is 12.6. The molecule has 0 unspecified atom stereocenters. The maximum Gasteiger partial charge on any atom is 0.258 e. The van der Waals surface area contributed by atoms with Gasteiger partial charge in [-0.1, -0.05) is 18.2 Å². The van der Waals surface area contributed by atoms with Crippen LogP contribution in [-0.4, -0.2) is 24.7 Å². The van der Waals surface area contributed by atoms with Crippen LogP contribution >= 0.6 is 0 Å². The summed E-state index contributed by atoms with van der Waals surface area (Å²) in [4.78, 5) is 19.8. The van der Waals surface area contributed by atoms with Crippen molar-refractivity contribution in [1.82, 2.24) is 19.6 Å². The molecule has 7 heteroatoms. The smallest absolute Gasteiger partial charge is 0.258 e. The molecule has 0 radical (unpaired) electrons. The second-order valence-electron chi connectivity index (χ2n) is 6.18. The molecule has 0 saturated heterocycles. The Hall–Kier alpha value is -3.92. The Bertz CT molecular complexity index is 1230. The lowest BCUT2D eigenvalue weighted by atomic mass is 10.1. The molecule has 0 fully saturated rings. The van der Waals surface area contributed by atoms with Gasteiger partial charge in [0, 0.05) is 12.6 Å². The zero-order chi connectivity index (χ0) is 19.0. The Morgan fingerprint density at radius 2 is 2.00 bits per heavy atom. The predicted molar refractivity (Wildman–Crippen MR) is 99.4 cm³/mol. The number of aromatic nitrogens is 4. The monoisotopic (exact) mass is 357 g/mol. The third-order valence-electron chi connectivity index (χ3n) is 4.42. The molecular weight excluding hydrogens is 342 g/mol. The summed E-state index contributed by atoms with van der Waals surface area (Å²) in [5.41, 5.74) is 3.56. The molecule has 0 amide bonds. The highest BCUT2D eigenvalue weighted by atomic mass is 16.3. The van der Waals surface area contributed by atoms with Crippen LogP contribution in [0.2, 0.25) is 0 Å². The largest absolute Gasteiger partial charge is 0.493 e. The third kappa shape index (κ3) is 2.83. The number of aryl methyl sites for hydroxylation is 1. The average molecular weight is 357 g/mol. The van der Waals surface area contributed by atoms with Crippen LogP contribution < -0.4 is 5.56 Å². The number of hydrogen-bond acceptors (Lipinski definition) is 5. The summed E-state index contributed by atoms with van der Waals surface area (Å²) >= 11 is 0. The topological polar surface area (TPSA) is 107 Å². The van der Waals surface area contributed by atoms with Crippen molar-refractivity contribution >= 4 is 5.65 Å². The van der Waals surface area contributed by atoms with Gasteiger partial charge in [0.2, 0.25) is 5.88 Å². The van der Waals surface area contributed by atoms with Crippen molar-refractivity contribution in [2.45, 2.75) is 13.3 Å². The van der Waals surface area contributed by atoms with Gasteiger partial charge in [-0.2, -0.15) is 14.9 Å². The first-order valence-electron chi connectivity index (χ1n) is 8.32. The Balaban J connectivity index is 1.85. The van der Waals surface area contributed by atoms with E-state index in [1.54, 1.807) is 43.5 Å².